The number of benzene rings is 1. The van der Waals surface area contributed by atoms with Crippen molar-refractivity contribution in [3.63, 3.8) is 0 Å². The van der Waals surface area contributed by atoms with Gasteiger partial charge in [0.15, 0.2) is 0 Å². The predicted octanol–water partition coefficient (Wildman–Crippen LogP) is 3.21. The zero-order chi connectivity index (χ0) is 9.26. The number of fused-ring (bicyclic) bond motifs is 1. The van der Waals surface area contributed by atoms with Crippen molar-refractivity contribution in [3.05, 3.63) is 42.1 Å². The number of aryl methyl sites for hydroxylation is 1. The lowest BCUT2D eigenvalue weighted by molar-refractivity contribution is 0.954. The maximum Gasteiger partial charge on any atom is 0.0482 e. The molecular weight excluding hydrogens is 158 g/mol. The van der Waals surface area contributed by atoms with Gasteiger partial charge in [-0.2, -0.15) is 0 Å². The monoisotopic (exact) mass is 171 g/mol. The third-order valence-corrected chi connectivity index (χ3v) is 2.33. The summed E-state index contributed by atoms with van der Waals surface area (Å²) in [5, 5.41) is 1.30. The molecule has 0 amide bonds. The van der Waals surface area contributed by atoms with E-state index >= 15 is 0 Å². The molecule has 0 aliphatic heterocycles. The highest BCUT2D eigenvalue weighted by Gasteiger charge is 2.00. The van der Waals surface area contributed by atoms with Crippen molar-refractivity contribution in [3.8, 4) is 0 Å². The van der Waals surface area contributed by atoms with Crippen LogP contribution in [0.3, 0.4) is 0 Å². The van der Waals surface area contributed by atoms with Crippen molar-refractivity contribution < 1.29 is 0 Å². The van der Waals surface area contributed by atoms with E-state index in [0.717, 1.165) is 0 Å². The number of rotatable bonds is 1. The summed E-state index contributed by atoms with van der Waals surface area (Å²) in [5.41, 5.74) is 2.54. The second-order valence-electron chi connectivity index (χ2n) is 3.19. The molecule has 0 saturated carbocycles. The van der Waals surface area contributed by atoms with Crippen molar-refractivity contribution in [2.45, 2.75) is 6.92 Å². The second-order valence-corrected chi connectivity index (χ2v) is 3.19. The maximum atomic E-state index is 2.20. The average Bonchev–Trinajstić information content (AvgIpc) is 2.46. The molecule has 0 unspecified atom stereocenters. The highest BCUT2D eigenvalue weighted by Crippen LogP contribution is 2.18. The molecule has 0 spiro atoms. The third-order valence-electron chi connectivity index (χ3n) is 2.33. The van der Waals surface area contributed by atoms with Crippen LogP contribution in [0.5, 0.6) is 0 Å². The van der Waals surface area contributed by atoms with Gasteiger partial charge >= 0.3 is 0 Å². The molecule has 2 rings (SSSR count). The van der Waals surface area contributed by atoms with Gasteiger partial charge < -0.3 is 4.57 Å². The molecule has 0 N–H and O–H groups in total. The topological polar surface area (TPSA) is 4.93 Å². The van der Waals surface area contributed by atoms with E-state index < -0.39 is 0 Å². The minimum absolute atomic E-state index is 1.25. The summed E-state index contributed by atoms with van der Waals surface area (Å²) in [6.07, 6.45) is 4.19. The largest absolute Gasteiger partial charge is 0.344 e. The standard InChI is InChI=1S/C12H13N/c1-3-6-11-9-10-7-4-5-8-12(10)13(11)2/h3-9H,1-2H3/b6-3-. The van der Waals surface area contributed by atoms with Crippen LogP contribution in [0, 0.1) is 0 Å². The number of allylic oxidation sites excluding steroid dienone is 1. The molecule has 66 valence electrons. The first-order chi connectivity index (χ1) is 6.33. The second kappa shape index (κ2) is 3.09. The Bertz CT molecular complexity index is 449. The fraction of sp³-hybridized carbons (Fsp3) is 0.167. The van der Waals surface area contributed by atoms with Gasteiger partial charge in [0, 0.05) is 23.6 Å². The van der Waals surface area contributed by atoms with Gasteiger partial charge in [0.05, 0.1) is 0 Å². The van der Waals surface area contributed by atoms with Crippen LogP contribution in [0.2, 0.25) is 0 Å². The van der Waals surface area contributed by atoms with Gasteiger partial charge in [0.25, 0.3) is 0 Å². The summed E-state index contributed by atoms with van der Waals surface area (Å²) in [6.45, 7) is 2.04. The molecule has 2 aromatic rings. The molecule has 0 fully saturated rings. The molecule has 0 saturated heterocycles. The molecule has 0 radical (unpaired) electrons. The van der Waals surface area contributed by atoms with Crippen LogP contribution in [0.4, 0.5) is 0 Å². The van der Waals surface area contributed by atoms with Crippen LogP contribution < -0.4 is 0 Å². The molecule has 1 nitrogen and oxygen atoms in total. The van der Waals surface area contributed by atoms with Gasteiger partial charge in [-0.05, 0) is 25.1 Å². The van der Waals surface area contributed by atoms with Crippen LogP contribution in [-0.2, 0) is 7.05 Å². The number of aromatic nitrogens is 1. The zero-order valence-corrected chi connectivity index (χ0v) is 7.99. The van der Waals surface area contributed by atoms with E-state index in [1.165, 1.54) is 16.6 Å². The van der Waals surface area contributed by atoms with Crippen molar-refractivity contribution in [2.75, 3.05) is 0 Å². The van der Waals surface area contributed by atoms with Gasteiger partial charge in [-0.1, -0.05) is 24.3 Å². The molecule has 0 aliphatic rings. The first-order valence-corrected chi connectivity index (χ1v) is 4.50. The van der Waals surface area contributed by atoms with E-state index in [-0.39, 0.29) is 0 Å². The van der Waals surface area contributed by atoms with Crippen molar-refractivity contribution in [1.82, 2.24) is 4.57 Å². The van der Waals surface area contributed by atoms with Gasteiger partial charge in [-0.3, -0.25) is 0 Å². The summed E-state index contributed by atoms with van der Waals surface area (Å²) in [7, 11) is 2.09. The van der Waals surface area contributed by atoms with E-state index in [2.05, 4.69) is 54.1 Å². The first kappa shape index (κ1) is 8.11. The SMILES string of the molecule is C/C=C\c1cc2ccccc2n1C. The van der Waals surface area contributed by atoms with Crippen LogP contribution in [-0.4, -0.2) is 4.57 Å². The lowest BCUT2D eigenvalue weighted by atomic mass is 10.2. The average molecular weight is 171 g/mol. The Morgan fingerprint density at radius 1 is 1.23 bits per heavy atom. The highest BCUT2D eigenvalue weighted by atomic mass is 14.9. The van der Waals surface area contributed by atoms with Crippen molar-refractivity contribution in [2.24, 2.45) is 7.05 Å². The Balaban J connectivity index is 2.73. The summed E-state index contributed by atoms with van der Waals surface area (Å²) >= 11 is 0. The number of hydrogen-bond acceptors (Lipinski definition) is 0. The molecule has 1 heterocycles. The van der Waals surface area contributed by atoms with E-state index in [0.29, 0.717) is 0 Å². The Labute approximate surface area is 78.3 Å². The van der Waals surface area contributed by atoms with Crippen LogP contribution in [0.1, 0.15) is 12.6 Å². The Morgan fingerprint density at radius 2 is 2.00 bits per heavy atom. The smallest absolute Gasteiger partial charge is 0.0482 e. The number of hydrogen-bond donors (Lipinski definition) is 0. The van der Waals surface area contributed by atoms with Gasteiger partial charge in [-0.25, -0.2) is 0 Å². The van der Waals surface area contributed by atoms with E-state index in [1.54, 1.807) is 0 Å². The van der Waals surface area contributed by atoms with E-state index in [9.17, 15) is 0 Å². The molecule has 1 heteroatoms. The maximum absolute atomic E-state index is 2.20. The van der Waals surface area contributed by atoms with Crippen LogP contribution in [0.15, 0.2) is 36.4 Å². The summed E-state index contributed by atoms with van der Waals surface area (Å²) < 4.78 is 2.20. The molecule has 0 aliphatic carbocycles. The number of para-hydroxylation sites is 1. The van der Waals surface area contributed by atoms with E-state index in [1.807, 2.05) is 6.92 Å². The lowest BCUT2D eigenvalue weighted by Crippen LogP contribution is -1.88. The lowest BCUT2D eigenvalue weighted by Gasteiger charge is -1.97. The minimum atomic E-state index is 1.25. The zero-order valence-electron chi connectivity index (χ0n) is 7.99. The minimum Gasteiger partial charge on any atom is -0.344 e. The molecule has 13 heavy (non-hydrogen) atoms. The van der Waals surface area contributed by atoms with E-state index in [4.69, 9.17) is 0 Å². The van der Waals surface area contributed by atoms with Crippen molar-refractivity contribution in [1.29, 1.82) is 0 Å². The highest BCUT2D eigenvalue weighted by molar-refractivity contribution is 5.83. The molecule has 1 aromatic carbocycles. The van der Waals surface area contributed by atoms with Gasteiger partial charge in [0.2, 0.25) is 0 Å². The molecule has 0 atom stereocenters. The molecule has 1 aromatic heterocycles. The van der Waals surface area contributed by atoms with Crippen LogP contribution in [0.25, 0.3) is 17.0 Å². The third kappa shape index (κ3) is 1.26. The van der Waals surface area contributed by atoms with Gasteiger partial charge in [-0.15, -0.1) is 0 Å². The fourth-order valence-electron chi connectivity index (χ4n) is 1.64. The van der Waals surface area contributed by atoms with Crippen LogP contribution >= 0.6 is 0 Å². The summed E-state index contributed by atoms with van der Waals surface area (Å²) in [5.74, 6) is 0. The Hall–Kier alpha value is -1.50. The van der Waals surface area contributed by atoms with Crippen molar-refractivity contribution >= 4 is 17.0 Å². The normalized spacial score (nSPS) is 11.5. The molecule has 0 bridgehead atoms. The first-order valence-electron chi connectivity index (χ1n) is 4.50. The predicted molar refractivity (Wildman–Crippen MR) is 57.6 cm³/mol. The Kier molecular flexibility index (Phi) is 1.93. The summed E-state index contributed by atoms with van der Waals surface area (Å²) in [6, 6.07) is 10.6. The quantitative estimate of drug-likeness (QED) is 0.621. The Morgan fingerprint density at radius 3 is 2.69 bits per heavy atom. The van der Waals surface area contributed by atoms with Gasteiger partial charge in [0.1, 0.15) is 0 Å². The fourth-order valence-corrected chi connectivity index (χ4v) is 1.64. The number of nitrogens with zero attached hydrogens (tertiary/aromatic N) is 1. The molecular formula is C12H13N. The summed E-state index contributed by atoms with van der Waals surface area (Å²) in [4.78, 5) is 0.